The molecule has 0 unspecified atom stereocenters. The van der Waals surface area contributed by atoms with Crippen LogP contribution >= 0.6 is 0 Å². The molecule has 0 fully saturated rings. The van der Waals surface area contributed by atoms with Crippen molar-refractivity contribution in [1.82, 2.24) is 0 Å². The highest BCUT2D eigenvalue weighted by Crippen LogP contribution is 2.42. The summed E-state index contributed by atoms with van der Waals surface area (Å²) in [6.07, 6.45) is 0. The molecule has 0 atom stereocenters. The Labute approximate surface area is 186 Å². The minimum Gasteiger partial charge on any atom is -0.456 e. The Morgan fingerprint density at radius 3 is 1.69 bits per heavy atom. The van der Waals surface area contributed by atoms with Gasteiger partial charge in [0.25, 0.3) is 0 Å². The van der Waals surface area contributed by atoms with Gasteiger partial charge in [-0.2, -0.15) is 0 Å². The van der Waals surface area contributed by atoms with E-state index in [2.05, 4.69) is 60.7 Å². The molecule has 0 aliphatic carbocycles. The van der Waals surface area contributed by atoms with Crippen molar-refractivity contribution in [2.45, 2.75) is 0 Å². The van der Waals surface area contributed by atoms with Crippen LogP contribution in [0.15, 0.2) is 120 Å². The van der Waals surface area contributed by atoms with Crippen LogP contribution in [-0.4, -0.2) is 0 Å². The predicted molar refractivity (Wildman–Crippen MR) is 134 cm³/mol. The highest BCUT2D eigenvalue weighted by Gasteiger charge is 2.16. The minimum atomic E-state index is 0.787. The standard InChI is InChI=1S/C30H21NO/c31-30-25(20-10-3-1-4-11-20)18-22(19-26(30)21-12-5-2-6-13-21)23-15-9-17-28-29(23)24-14-7-8-16-27(24)32-28/h1-19H,31H2. The van der Waals surface area contributed by atoms with Crippen molar-refractivity contribution in [3.63, 3.8) is 0 Å². The monoisotopic (exact) mass is 411 g/mol. The number of hydrogen-bond acceptors (Lipinski definition) is 2. The molecule has 0 amide bonds. The summed E-state index contributed by atoms with van der Waals surface area (Å²) >= 11 is 0. The van der Waals surface area contributed by atoms with Crippen LogP contribution in [0.5, 0.6) is 0 Å². The van der Waals surface area contributed by atoms with E-state index in [4.69, 9.17) is 10.2 Å². The Morgan fingerprint density at radius 1 is 0.469 bits per heavy atom. The van der Waals surface area contributed by atoms with E-state index in [0.29, 0.717) is 0 Å². The van der Waals surface area contributed by atoms with Crippen molar-refractivity contribution in [3.05, 3.63) is 115 Å². The Kier molecular flexibility index (Phi) is 4.29. The quantitative estimate of drug-likeness (QED) is 0.298. The second-order valence-corrected chi connectivity index (χ2v) is 7.99. The summed E-state index contributed by atoms with van der Waals surface area (Å²) in [5, 5.41) is 2.25. The molecular formula is C30H21NO. The molecule has 0 aliphatic rings. The van der Waals surface area contributed by atoms with Crippen LogP contribution in [0, 0.1) is 0 Å². The lowest BCUT2D eigenvalue weighted by Crippen LogP contribution is -1.96. The van der Waals surface area contributed by atoms with Gasteiger partial charge in [-0.05, 0) is 46.5 Å². The number of fused-ring (bicyclic) bond motifs is 3. The Bertz CT molecular complexity index is 1500. The van der Waals surface area contributed by atoms with Crippen molar-refractivity contribution in [2.24, 2.45) is 0 Å². The first-order valence-electron chi connectivity index (χ1n) is 10.7. The van der Waals surface area contributed by atoms with Crippen molar-refractivity contribution in [2.75, 3.05) is 5.73 Å². The van der Waals surface area contributed by atoms with Gasteiger partial charge < -0.3 is 10.2 Å². The van der Waals surface area contributed by atoms with E-state index >= 15 is 0 Å². The molecule has 2 N–H and O–H groups in total. The number of rotatable bonds is 3. The molecule has 152 valence electrons. The molecule has 6 rings (SSSR count). The van der Waals surface area contributed by atoms with Crippen LogP contribution in [0.4, 0.5) is 5.69 Å². The highest BCUT2D eigenvalue weighted by atomic mass is 16.3. The summed E-state index contributed by atoms with van der Waals surface area (Å²) in [5.41, 5.74) is 15.9. The van der Waals surface area contributed by atoms with Gasteiger partial charge in [-0.1, -0.05) is 91.0 Å². The maximum atomic E-state index is 6.76. The fraction of sp³-hybridized carbons (Fsp3) is 0. The fourth-order valence-electron chi connectivity index (χ4n) is 4.54. The van der Waals surface area contributed by atoms with E-state index in [-0.39, 0.29) is 0 Å². The molecule has 0 radical (unpaired) electrons. The summed E-state index contributed by atoms with van der Waals surface area (Å²) in [6.45, 7) is 0. The van der Waals surface area contributed by atoms with Crippen molar-refractivity contribution < 1.29 is 4.42 Å². The number of furan rings is 1. The molecule has 0 aliphatic heterocycles. The van der Waals surface area contributed by atoms with Gasteiger partial charge in [0.15, 0.2) is 0 Å². The second-order valence-electron chi connectivity index (χ2n) is 7.99. The first-order valence-corrected chi connectivity index (χ1v) is 10.7. The summed E-state index contributed by atoms with van der Waals surface area (Å²) in [7, 11) is 0. The zero-order chi connectivity index (χ0) is 21.5. The SMILES string of the molecule is Nc1c(-c2ccccc2)cc(-c2cccc3oc4ccccc4c23)cc1-c1ccccc1. The summed E-state index contributed by atoms with van der Waals surface area (Å²) in [4.78, 5) is 0. The van der Waals surface area contributed by atoms with Crippen LogP contribution in [0.25, 0.3) is 55.3 Å². The van der Waals surface area contributed by atoms with Gasteiger partial charge in [0, 0.05) is 27.6 Å². The van der Waals surface area contributed by atoms with Gasteiger partial charge in [-0.25, -0.2) is 0 Å². The molecule has 1 aromatic heterocycles. The van der Waals surface area contributed by atoms with E-state index < -0.39 is 0 Å². The third kappa shape index (κ3) is 2.97. The number of nitrogen functional groups attached to an aromatic ring is 1. The van der Waals surface area contributed by atoms with Gasteiger partial charge in [0.05, 0.1) is 0 Å². The topological polar surface area (TPSA) is 39.2 Å². The van der Waals surface area contributed by atoms with Gasteiger partial charge in [-0.15, -0.1) is 0 Å². The lowest BCUT2D eigenvalue weighted by molar-refractivity contribution is 0.669. The Balaban J connectivity index is 1.69. The normalized spacial score (nSPS) is 11.2. The molecule has 1 heterocycles. The number of anilines is 1. The van der Waals surface area contributed by atoms with Gasteiger partial charge in [-0.3, -0.25) is 0 Å². The molecule has 0 bridgehead atoms. The second kappa shape index (κ2) is 7.44. The van der Waals surface area contributed by atoms with Crippen molar-refractivity contribution in [3.8, 4) is 33.4 Å². The number of hydrogen-bond donors (Lipinski definition) is 1. The molecule has 6 aromatic rings. The molecule has 2 heteroatoms. The zero-order valence-electron chi connectivity index (χ0n) is 17.5. The first-order chi connectivity index (χ1) is 15.8. The van der Waals surface area contributed by atoms with E-state index in [9.17, 15) is 0 Å². The van der Waals surface area contributed by atoms with Crippen molar-refractivity contribution in [1.29, 1.82) is 0 Å². The van der Waals surface area contributed by atoms with Gasteiger partial charge in [0.2, 0.25) is 0 Å². The molecule has 32 heavy (non-hydrogen) atoms. The maximum absolute atomic E-state index is 6.76. The largest absolute Gasteiger partial charge is 0.456 e. The Hall–Kier alpha value is -4.30. The van der Waals surface area contributed by atoms with Crippen molar-refractivity contribution >= 4 is 27.6 Å². The fourth-order valence-corrected chi connectivity index (χ4v) is 4.54. The summed E-state index contributed by atoms with van der Waals surface area (Å²) in [6, 6.07) is 39.6. The van der Waals surface area contributed by atoms with Crippen LogP contribution in [0.2, 0.25) is 0 Å². The van der Waals surface area contributed by atoms with Crippen LogP contribution in [0.1, 0.15) is 0 Å². The lowest BCUT2D eigenvalue weighted by atomic mass is 9.90. The van der Waals surface area contributed by atoms with E-state index in [1.807, 2.05) is 54.6 Å². The summed E-state index contributed by atoms with van der Waals surface area (Å²) < 4.78 is 6.14. The molecule has 0 saturated carbocycles. The van der Waals surface area contributed by atoms with E-state index in [1.165, 1.54) is 0 Å². The van der Waals surface area contributed by atoms with E-state index in [0.717, 1.165) is 61.0 Å². The molecule has 5 aromatic carbocycles. The third-order valence-electron chi connectivity index (χ3n) is 6.06. The van der Waals surface area contributed by atoms with E-state index in [1.54, 1.807) is 0 Å². The third-order valence-corrected chi connectivity index (χ3v) is 6.06. The molecule has 2 nitrogen and oxygen atoms in total. The zero-order valence-corrected chi connectivity index (χ0v) is 17.5. The van der Waals surface area contributed by atoms with Crippen LogP contribution in [-0.2, 0) is 0 Å². The number of para-hydroxylation sites is 1. The average Bonchev–Trinajstić information content (AvgIpc) is 3.24. The summed E-state index contributed by atoms with van der Waals surface area (Å²) in [5.74, 6) is 0. The molecule has 0 spiro atoms. The predicted octanol–water partition coefficient (Wildman–Crippen LogP) is 8.17. The lowest BCUT2D eigenvalue weighted by Gasteiger charge is -2.16. The first kappa shape index (κ1) is 18.5. The number of benzene rings is 5. The highest BCUT2D eigenvalue weighted by molar-refractivity contribution is 6.13. The minimum absolute atomic E-state index is 0.787. The number of nitrogens with two attached hydrogens (primary N) is 1. The van der Waals surface area contributed by atoms with Gasteiger partial charge >= 0.3 is 0 Å². The average molecular weight is 412 g/mol. The molecule has 0 saturated heterocycles. The van der Waals surface area contributed by atoms with Crippen LogP contribution < -0.4 is 5.73 Å². The maximum Gasteiger partial charge on any atom is 0.136 e. The van der Waals surface area contributed by atoms with Crippen LogP contribution in [0.3, 0.4) is 0 Å². The molecular weight excluding hydrogens is 390 g/mol. The smallest absolute Gasteiger partial charge is 0.136 e. The van der Waals surface area contributed by atoms with Gasteiger partial charge in [0.1, 0.15) is 11.2 Å². The Morgan fingerprint density at radius 2 is 1.03 bits per heavy atom.